The Labute approximate surface area is 199 Å². The van der Waals surface area contributed by atoms with Crippen molar-refractivity contribution in [2.45, 2.75) is 45.2 Å². The lowest BCUT2D eigenvalue weighted by Gasteiger charge is -2.31. The molecule has 0 radical (unpaired) electrons. The van der Waals surface area contributed by atoms with E-state index in [-0.39, 0.29) is 17.9 Å². The van der Waals surface area contributed by atoms with Crippen molar-refractivity contribution in [2.75, 3.05) is 4.90 Å². The predicted octanol–water partition coefficient (Wildman–Crippen LogP) is 6.12. The molecule has 0 bridgehead atoms. The molecule has 4 rings (SSSR count). The number of rotatable bonds is 5. The highest BCUT2D eigenvalue weighted by Crippen LogP contribution is 2.42. The molecule has 3 aromatic carbocycles. The number of aryl methyl sites for hydroxylation is 2. The van der Waals surface area contributed by atoms with Crippen LogP contribution in [-0.2, 0) is 11.3 Å². The molecule has 1 aliphatic rings. The number of nitrogens with one attached hydrogen (secondary N) is 1. The lowest BCUT2D eigenvalue weighted by atomic mass is 10.0. The maximum absolute atomic E-state index is 13.6. The number of anilines is 1. The number of carbonyl (C=O) groups excluding carboxylic acids is 2. The van der Waals surface area contributed by atoms with Gasteiger partial charge in [-0.25, -0.2) is 0 Å². The zero-order chi connectivity index (χ0) is 23.5. The first-order chi connectivity index (χ1) is 15.8. The van der Waals surface area contributed by atoms with Crippen molar-refractivity contribution in [1.29, 1.82) is 0 Å². The van der Waals surface area contributed by atoms with E-state index in [9.17, 15) is 9.59 Å². The minimum Gasteiger partial charge on any atom is -0.350 e. The molecule has 5 heteroatoms. The Morgan fingerprint density at radius 3 is 2.48 bits per heavy atom. The van der Waals surface area contributed by atoms with E-state index in [1.807, 2.05) is 55.2 Å². The molecule has 33 heavy (non-hydrogen) atoms. The molecule has 168 valence electrons. The second kappa shape index (κ2) is 9.67. The highest BCUT2D eigenvalue weighted by atomic mass is 32.2. The number of para-hydroxylation sites is 1. The summed E-state index contributed by atoms with van der Waals surface area (Å²) in [7, 11) is 0. The largest absolute Gasteiger partial charge is 0.350 e. The van der Waals surface area contributed by atoms with Crippen molar-refractivity contribution in [3.05, 3.63) is 99.5 Å². The zero-order valence-electron chi connectivity index (χ0n) is 19.4. The highest BCUT2D eigenvalue weighted by molar-refractivity contribution is 8.04. The number of nitrogens with zero attached hydrogens (tertiary/aromatic N) is 1. The zero-order valence-corrected chi connectivity index (χ0v) is 20.2. The van der Waals surface area contributed by atoms with Crippen LogP contribution < -0.4 is 10.2 Å². The average Bonchev–Trinajstić information content (AvgIpc) is 2.79. The van der Waals surface area contributed by atoms with Crippen molar-refractivity contribution < 1.29 is 9.59 Å². The number of benzene rings is 3. The molecular weight excluding hydrogens is 428 g/mol. The summed E-state index contributed by atoms with van der Waals surface area (Å²) in [6, 6.07) is 21.8. The molecule has 1 N–H and O–H groups in total. The van der Waals surface area contributed by atoms with E-state index in [2.05, 4.69) is 43.4 Å². The summed E-state index contributed by atoms with van der Waals surface area (Å²) in [6.07, 6.45) is 1.91. The van der Waals surface area contributed by atoms with E-state index in [0.717, 1.165) is 21.7 Å². The van der Waals surface area contributed by atoms with E-state index >= 15 is 0 Å². The molecule has 0 unspecified atom stereocenters. The molecule has 0 saturated carbocycles. The Morgan fingerprint density at radius 1 is 1.03 bits per heavy atom. The summed E-state index contributed by atoms with van der Waals surface area (Å²) in [4.78, 5) is 29.4. The molecule has 0 spiro atoms. The Hall–Kier alpha value is -3.31. The van der Waals surface area contributed by atoms with Gasteiger partial charge in [0, 0.05) is 16.5 Å². The molecule has 0 aliphatic carbocycles. The van der Waals surface area contributed by atoms with Gasteiger partial charge in [-0.15, -0.1) is 0 Å². The predicted molar refractivity (Wildman–Crippen MR) is 136 cm³/mol. The molecule has 0 fully saturated rings. The third-order valence-corrected chi connectivity index (χ3v) is 6.63. The molecule has 1 aliphatic heterocycles. The van der Waals surface area contributed by atoms with Gasteiger partial charge >= 0.3 is 0 Å². The topological polar surface area (TPSA) is 49.4 Å². The van der Waals surface area contributed by atoms with Gasteiger partial charge in [-0.05, 0) is 74.7 Å². The number of hydrogen-bond acceptors (Lipinski definition) is 3. The standard InChI is InChI=1S/C28H28N2O2S/c1-18(2)29-27(31)22-13-11-21(12-14-22)16-26-28(32)30(24-7-5-6-8-25(24)33-26)17-23-15-19(3)9-10-20(23)4/h5-16,18H,17H2,1-4H3,(H,29,31)/b26-16-. The molecular formula is C28H28N2O2S. The summed E-state index contributed by atoms with van der Waals surface area (Å²) in [5, 5.41) is 2.90. The number of fused-ring (bicyclic) bond motifs is 1. The van der Waals surface area contributed by atoms with Crippen LogP contribution in [-0.4, -0.2) is 17.9 Å². The summed E-state index contributed by atoms with van der Waals surface area (Å²) < 4.78 is 0. The van der Waals surface area contributed by atoms with Crippen LogP contribution >= 0.6 is 11.8 Å². The molecule has 4 nitrogen and oxygen atoms in total. The Morgan fingerprint density at radius 2 is 1.76 bits per heavy atom. The van der Waals surface area contributed by atoms with E-state index in [1.165, 1.54) is 22.9 Å². The van der Waals surface area contributed by atoms with Gasteiger partial charge in [-0.1, -0.05) is 59.8 Å². The minimum atomic E-state index is -0.0963. The van der Waals surface area contributed by atoms with Crippen molar-refractivity contribution in [3.8, 4) is 0 Å². The fraction of sp³-hybridized carbons (Fsp3) is 0.214. The third kappa shape index (κ3) is 5.20. The summed E-state index contributed by atoms with van der Waals surface area (Å²) in [6.45, 7) is 8.54. The quantitative estimate of drug-likeness (QED) is 0.471. The number of hydrogen-bond donors (Lipinski definition) is 1. The van der Waals surface area contributed by atoms with E-state index in [1.54, 1.807) is 12.1 Å². The normalized spacial score (nSPS) is 14.5. The fourth-order valence-corrected chi connectivity index (χ4v) is 4.85. The SMILES string of the molecule is Cc1ccc(C)c(CN2C(=O)/C(=C/c3ccc(C(=O)NC(C)C)cc3)Sc3ccccc32)c1. The first kappa shape index (κ1) is 22.9. The Bertz CT molecular complexity index is 1230. The second-order valence-corrected chi connectivity index (χ2v) is 9.73. The van der Waals surface area contributed by atoms with Crippen LogP contribution in [0.15, 0.2) is 76.5 Å². The van der Waals surface area contributed by atoms with Crippen LogP contribution in [0.5, 0.6) is 0 Å². The molecule has 3 aromatic rings. The monoisotopic (exact) mass is 456 g/mol. The van der Waals surface area contributed by atoms with Gasteiger partial charge in [0.1, 0.15) is 0 Å². The van der Waals surface area contributed by atoms with Crippen molar-refractivity contribution >= 4 is 35.3 Å². The van der Waals surface area contributed by atoms with Crippen LogP contribution in [0.3, 0.4) is 0 Å². The van der Waals surface area contributed by atoms with Crippen LogP contribution in [0.25, 0.3) is 6.08 Å². The molecule has 0 aromatic heterocycles. The average molecular weight is 457 g/mol. The van der Waals surface area contributed by atoms with Crippen LogP contribution in [0.4, 0.5) is 5.69 Å². The van der Waals surface area contributed by atoms with Crippen LogP contribution in [0.1, 0.15) is 46.5 Å². The lowest BCUT2D eigenvalue weighted by Crippen LogP contribution is -2.34. The third-order valence-electron chi connectivity index (χ3n) is 5.56. The van der Waals surface area contributed by atoms with Gasteiger partial charge in [0.2, 0.25) is 0 Å². The van der Waals surface area contributed by atoms with E-state index in [0.29, 0.717) is 17.0 Å². The maximum Gasteiger partial charge on any atom is 0.265 e. The Balaban J connectivity index is 1.65. The fourth-order valence-electron chi connectivity index (χ4n) is 3.79. The van der Waals surface area contributed by atoms with Gasteiger partial charge in [0.05, 0.1) is 17.1 Å². The van der Waals surface area contributed by atoms with Gasteiger partial charge in [-0.3, -0.25) is 9.59 Å². The van der Waals surface area contributed by atoms with Crippen LogP contribution in [0, 0.1) is 13.8 Å². The van der Waals surface area contributed by atoms with Gasteiger partial charge in [-0.2, -0.15) is 0 Å². The minimum absolute atomic E-state index is 0.0127. The molecule has 2 amide bonds. The van der Waals surface area contributed by atoms with Crippen molar-refractivity contribution in [2.24, 2.45) is 0 Å². The summed E-state index contributed by atoms with van der Waals surface area (Å²) in [5.74, 6) is -0.109. The summed E-state index contributed by atoms with van der Waals surface area (Å²) in [5.41, 5.74) is 5.93. The van der Waals surface area contributed by atoms with Gasteiger partial charge < -0.3 is 10.2 Å². The van der Waals surface area contributed by atoms with Crippen LogP contribution in [0.2, 0.25) is 0 Å². The maximum atomic E-state index is 13.6. The van der Waals surface area contributed by atoms with Gasteiger partial charge in [0.25, 0.3) is 11.8 Å². The number of carbonyl (C=O) groups is 2. The molecule has 1 heterocycles. The molecule has 0 saturated heterocycles. The molecule has 0 atom stereocenters. The first-order valence-corrected chi connectivity index (χ1v) is 11.9. The first-order valence-electron chi connectivity index (χ1n) is 11.1. The van der Waals surface area contributed by atoms with Gasteiger partial charge in [0.15, 0.2) is 0 Å². The highest BCUT2D eigenvalue weighted by Gasteiger charge is 2.29. The van der Waals surface area contributed by atoms with E-state index < -0.39 is 0 Å². The second-order valence-electron chi connectivity index (χ2n) is 8.65. The Kier molecular flexibility index (Phi) is 6.70. The number of amides is 2. The summed E-state index contributed by atoms with van der Waals surface area (Å²) >= 11 is 1.49. The smallest absolute Gasteiger partial charge is 0.265 e. The number of thioether (sulfide) groups is 1. The van der Waals surface area contributed by atoms with E-state index in [4.69, 9.17) is 0 Å². The lowest BCUT2D eigenvalue weighted by molar-refractivity contribution is -0.114. The van der Waals surface area contributed by atoms with Crippen molar-refractivity contribution in [1.82, 2.24) is 5.32 Å². The van der Waals surface area contributed by atoms with Crippen molar-refractivity contribution in [3.63, 3.8) is 0 Å².